The smallest absolute Gasteiger partial charge is 0.255 e. The van der Waals surface area contributed by atoms with Gasteiger partial charge in [0.2, 0.25) is 7.85 Å². The van der Waals surface area contributed by atoms with E-state index in [4.69, 9.17) is 34.7 Å². The van der Waals surface area contributed by atoms with Gasteiger partial charge in [-0.15, -0.1) is 0 Å². The standard InChI is InChI=1S/C20H28BClN4O4/c1-29-18-9-17(23)16(22)8-15(18)19(27)24-10-14-12-25(6-7-30-14)11-13-2-4-26(5-3-13)20(21)28/h8-9,13-14H,2-7,10-12,23H2,1H3,(H,24,27). The predicted molar refractivity (Wildman–Crippen MR) is 116 cm³/mol. The number of nitrogens with two attached hydrogens (primary N) is 1. The second-order valence-corrected chi connectivity index (χ2v) is 8.21. The van der Waals surface area contributed by atoms with Crippen LogP contribution in [-0.2, 0) is 4.74 Å². The Kier molecular flexibility index (Phi) is 7.85. The predicted octanol–water partition coefficient (Wildman–Crippen LogP) is 1.36. The molecule has 0 bridgehead atoms. The van der Waals surface area contributed by atoms with Crippen molar-refractivity contribution in [1.29, 1.82) is 0 Å². The van der Waals surface area contributed by atoms with E-state index < -0.39 is 0 Å². The average Bonchev–Trinajstić information content (AvgIpc) is 2.74. The molecule has 3 rings (SSSR count). The minimum absolute atomic E-state index is 0.0938. The van der Waals surface area contributed by atoms with Gasteiger partial charge >= 0.3 is 0 Å². The topological polar surface area (TPSA) is 97.1 Å². The Labute approximate surface area is 183 Å². The molecular weight excluding hydrogens is 407 g/mol. The van der Waals surface area contributed by atoms with Gasteiger partial charge in [0.05, 0.1) is 36.1 Å². The van der Waals surface area contributed by atoms with Crippen molar-refractivity contribution >= 4 is 36.8 Å². The second-order valence-electron chi connectivity index (χ2n) is 7.81. The SMILES string of the molecule is [B]C(=O)N1CCC(CN2CCOC(CNC(=O)c3cc(Cl)c(N)cc3OC)C2)CC1. The van der Waals surface area contributed by atoms with Gasteiger partial charge in [-0.2, -0.15) is 0 Å². The summed E-state index contributed by atoms with van der Waals surface area (Å²) in [6.07, 6.45) is 1.82. The zero-order valence-electron chi connectivity index (χ0n) is 17.2. The highest BCUT2D eigenvalue weighted by Gasteiger charge is 2.26. The average molecular weight is 435 g/mol. The highest BCUT2D eigenvalue weighted by Crippen LogP contribution is 2.28. The van der Waals surface area contributed by atoms with Crippen LogP contribution in [0.2, 0.25) is 5.02 Å². The van der Waals surface area contributed by atoms with Crippen LogP contribution in [0.15, 0.2) is 12.1 Å². The van der Waals surface area contributed by atoms with Gasteiger partial charge in [0, 0.05) is 45.3 Å². The number of morpholine rings is 1. The van der Waals surface area contributed by atoms with E-state index in [1.54, 1.807) is 11.0 Å². The van der Waals surface area contributed by atoms with Crippen LogP contribution in [0, 0.1) is 5.92 Å². The number of amides is 2. The number of benzene rings is 1. The van der Waals surface area contributed by atoms with Crippen LogP contribution in [0.1, 0.15) is 23.2 Å². The quantitative estimate of drug-likeness (QED) is 0.518. The number of ether oxygens (including phenoxy) is 2. The van der Waals surface area contributed by atoms with Gasteiger partial charge < -0.3 is 25.4 Å². The molecule has 2 heterocycles. The number of likely N-dealkylation sites (tertiary alicyclic amines) is 1. The zero-order chi connectivity index (χ0) is 21.7. The fourth-order valence-corrected chi connectivity index (χ4v) is 4.15. The molecule has 1 aromatic rings. The minimum Gasteiger partial charge on any atom is -0.496 e. The molecule has 3 N–H and O–H groups in total. The van der Waals surface area contributed by atoms with Crippen molar-refractivity contribution in [3.8, 4) is 5.75 Å². The summed E-state index contributed by atoms with van der Waals surface area (Å²) in [5, 5.41) is 3.21. The number of nitrogens with one attached hydrogen (secondary N) is 1. The Hall–Kier alpha value is -1.97. The number of nitrogens with zero attached hydrogens (tertiary/aromatic N) is 2. The zero-order valence-corrected chi connectivity index (χ0v) is 18.0. The third-order valence-electron chi connectivity index (χ3n) is 5.72. The van der Waals surface area contributed by atoms with Crippen LogP contribution >= 0.6 is 11.6 Å². The van der Waals surface area contributed by atoms with Gasteiger partial charge in [0.15, 0.2) is 5.81 Å². The van der Waals surface area contributed by atoms with E-state index in [0.29, 0.717) is 41.1 Å². The first-order valence-corrected chi connectivity index (χ1v) is 10.5. The van der Waals surface area contributed by atoms with E-state index in [1.807, 2.05) is 0 Å². The lowest BCUT2D eigenvalue weighted by Crippen LogP contribution is -2.49. The van der Waals surface area contributed by atoms with Crippen LogP contribution < -0.4 is 15.8 Å². The van der Waals surface area contributed by atoms with Gasteiger partial charge in [-0.3, -0.25) is 14.5 Å². The molecule has 2 aliphatic heterocycles. The number of rotatable bonds is 6. The third kappa shape index (κ3) is 5.80. The first-order chi connectivity index (χ1) is 14.4. The maximum Gasteiger partial charge on any atom is 0.255 e. The maximum absolute atomic E-state index is 12.6. The van der Waals surface area contributed by atoms with E-state index in [9.17, 15) is 9.59 Å². The highest BCUT2D eigenvalue weighted by molar-refractivity contribution is 6.56. The summed E-state index contributed by atoms with van der Waals surface area (Å²) in [5.41, 5.74) is 6.47. The fourth-order valence-electron chi connectivity index (χ4n) is 3.99. The Bertz CT molecular complexity index is 773. The molecule has 1 atom stereocenters. The summed E-state index contributed by atoms with van der Waals surface area (Å²) in [6.45, 7) is 5.02. The van der Waals surface area contributed by atoms with Crippen molar-refractivity contribution in [3.05, 3.63) is 22.7 Å². The van der Waals surface area contributed by atoms with E-state index in [0.717, 1.165) is 45.6 Å². The largest absolute Gasteiger partial charge is 0.496 e. The summed E-state index contributed by atoms with van der Waals surface area (Å²) in [7, 11) is 6.83. The second kappa shape index (κ2) is 10.4. The van der Waals surface area contributed by atoms with Gasteiger partial charge in [0.1, 0.15) is 5.75 Å². The third-order valence-corrected chi connectivity index (χ3v) is 6.05. The van der Waals surface area contributed by atoms with E-state index in [1.165, 1.54) is 13.2 Å². The fraction of sp³-hybridized carbons (Fsp3) is 0.600. The molecule has 0 saturated carbocycles. The van der Waals surface area contributed by atoms with Crippen LogP contribution in [-0.4, -0.2) is 88.4 Å². The number of piperidine rings is 1. The number of nitrogen functional groups attached to an aromatic ring is 1. The molecule has 162 valence electrons. The summed E-state index contributed by atoms with van der Waals surface area (Å²) < 4.78 is 11.1. The lowest BCUT2D eigenvalue weighted by atomic mass is 9.94. The Morgan fingerprint density at radius 2 is 2.07 bits per heavy atom. The number of halogens is 1. The number of methoxy groups -OCH3 is 1. The lowest BCUT2D eigenvalue weighted by Gasteiger charge is -2.38. The van der Waals surface area contributed by atoms with Crippen LogP contribution in [0.3, 0.4) is 0 Å². The molecule has 2 aliphatic rings. The molecule has 1 unspecified atom stereocenters. The van der Waals surface area contributed by atoms with Crippen molar-refractivity contribution in [3.63, 3.8) is 0 Å². The molecule has 1 aromatic carbocycles. The van der Waals surface area contributed by atoms with E-state index >= 15 is 0 Å². The van der Waals surface area contributed by atoms with Crippen molar-refractivity contribution < 1.29 is 19.1 Å². The summed E-state index contributed by atoms with van der Waals surface area (Å²) >= 11 is 6.05. The van der Waals surface area contributed by atoms with E-state index in [-0.39, 0.29) is 17.8 Å². The monoisotopic (exact) mass is 434 g/mol. The summed E-state index contributed by atoms with van der Waals surface area (Å²) in [5.74, 6) is 0.293. The van der Waals surface area contributed by atoms with Crippen LogP contribution in [0.25, 0.3) is 0 Å². The number of carbonyl (C=O) groups excluding carboxylic acids is 2. The Morgan fingerprint density at radius 3 is 2.73 bits per heavy atom. The Morgan fingerprint density at radius 1 is 1.33 bits per heavy atom. The van der Waals surface area contributed by atoms with Gasteiger partial charge in [0.25, 0.3) is 5.91 Å². The van der Waals surface area contributed by atoms with Crippen LogP contribution in [0.4, 0.5) is 10.5 Å². The first kappa shape index (κ1) is 22.7. The summed E-state index contributed by atoms with van der Waals surface area (Å²) in [6, 6.07) is 3.05. The molecule has 2 amide bonds. The normalized spacial score (nSPS) is 20.7. The molecular formula is C20H28BClN4O4. The minimum atomic E-state index is -0.338. The molecule has 2 radical (unpaired) electrons. The van der Waals surface area contributed by atoms with Gasteiger partial charge in [-0.1, -0.05) is 11.6 Å². The number of anilines is 1. The van der Waals surface area contributed by atoms with E-state index in [2.05, 4.69) is 10.2 Å². The molecule has 0 spiro atoms. The van der Waals surface area contributed by atoms with Crippen molar-refractivity contribution in [2.75, 3.05) is 58.7 Å². The molecule has 0 aromatic heterocycles. The highest BCUT2D eigenvalue weighted by atomic mass is 35.5. The molecule has 8 nitrogen and oxygen atoms in total. The van der Waals surface area contributed by atoms with Crippen molar-refractivity contribution in [2.45, 2.75) is 18.9 Å². The molecule has 2 saturated heterocycles. The molecule has 30 heavy (non-hydrogen) atoms. The first-order valence-electron chi connectivity index (χ1n) is 10.2. The van der Waals surface area contributed by atoms with Gasteiger partial charge in [-0.05, 0) is 24.8 Å². The van der Waals surface area contributed by atoms with Crippen molar-refractivity contribution in [1.82, 2.24) is 15.1 Å². The Balaban J connectivity index is 1.48. The number of carbonyl (C=O) groups is 2. The molecule has 10 heteroatoms. The number of hydrogen-bond donors (Lipinski definition) is 2. The van der Waals surface area contributed by atoms with Crippen LogP contribution in [0.5, 0.6) is 5.75 Å². The maximum atomic E-state index is 12.6. The van der Waals surface area contributed by atoms with Crippen molar-refractivity contribution in [2.24, 2.45) is 5.92 Å². The summed E-state index contributed by atoms with van der Waals surface area (Å²) in [4.78, 5) is 27.9. The molecule has 0 aliphatic carbocycles. The molecule has 2 fully saturated rings. The lowest BCUT2D eigenvalue weighted by molar-refractivity contribution is -0.0329. The van der Waals surface area contributed by atoms with Gasteiger partial charge in [-0.25, -0.2) is 0 Å². The number of hydrogen-bond acceptors (Lipinski definition) is 6.